The molecule has 1 aromatic heterocycles. The van der Waals surface area contributed by atoms with Crippen LogP contribution in [-0.4, -0.2) is 16.1 Å². The van der Waals surface area contributed by atoms with E-state index in [1.165, 1.54) is 11.3 Å². The van der Waals surface area contributed by atoms with Gasteiger partial charge in [-0.25, -0.2) is 4.98 Å². The van der Waals surface area contributed by atoms with E-state index >= 15 is 0 Å². The molecule has 2 aromatic rings. The first-order valence-corrected chi connectivity index (χ1v) is 8.19. The SMILES string of the molecule is Cc1cc(Br)c(Nc2nc(C(C)(C)C(=O)O)cs2)cc1Cl. The smallest absolute Gasteiger partial charge is 0.315 e. The van der Waals surface area contributed by atoms with Crippen molar-refractivity contribution in [2.24, 2.45) is 0 Å². The summed E-state index contributed by atoms with van der Waals surface area (Å²) < 4.78 is 0.874. The molecule has 1 heterocycles. The Bertz CT molecular complexity index is 700. The van der Waals surface area contributed by atoms with Gasteiger partial charge in [-0.15, -0.1) is 11.3 Å². The van der Waals surface area contributed by atoms with Crippen molar-refractivity contribution in [1.29, 1.82) is 0 Å². The third kappa shape index (κ3) is 3.39. The van der Waals surface area contributed by atoms with Gasteiger partial charge >= 0.3 is 5.97 Å². The number of hydrogen-bond acceptors (Lipinski definition) is 4. The van der Waals surface area contributed by atoms with Crippen molar-refractivity contribution in [1.82, 2.24) is 4.98 Å². The fourth-order valence-electron chi connectivity index (χ4n) is 1.59. The Hall–Kier alpha value is -1.11. The van der Waals surface area contributed by atoms with Gasteiger partial charge < -0.3 is 10.4 Å². The lowest BCUT2D eigenvalue weighted by Crippen LogP contribution is -2.28. The van der Waals surface area contributed by atoms with Crippen LogP contribution < -0.4 is 5.32 Å². The highest BCUT2D eigenvalue weighted by molar-refractivity contribution is 9.10. The van der Waals surface area contributed by atoms with Crippen LogP contribution in [-0.2, 0) is 10.2 Å². The summed E-state index contributed by atoms with van der Waals surface area (Å²) in [5, 5.41) is 15.4. The first-order chi connectivity index (χ1) is 9.71. The van der Waals surface area contributed by atoms with Crippen LogP contribution >= 0.6 is 38.9 Å². The molecule has 1 aromatic carbocycles. The van der Waals surface area contributed by atoms with Gasteiger partial charge in [-0.2, -0.15) is 0 Å². The lowest BCUT2D eigenvalue weighted by atomic mass is 9.90. The number of nitrogens with zero attached hydrogens (tertiary/aromatic N) is 1. The molecule has 0 fully saturated rings. The standard InChI is InChI=1S/C14H14BrClN2O2S/c1-7-4-8(15)10(5-9(7)16)17-13-18-11(6-21-13)14(2,3)12(19)20/h4-6H,1-3H3,(H,17,18)(H,19,20). The first kappa shape index (κ1) is 16.3. The predicted octanol–water partition coefficient (Wildman–Crippen LogP) is 4.97. The molecule has 4 nitrogen and oxygen atoms in total. The normalized spacial score (nSPS) is 11.5. The number of hydrogen-bond donors (Lipinski definition) is 2. The largest absolute Gasteiger partial charge is 0.481 e. The summed E-state index contributed by atoms with van der Waals surface area (Å²) in [6, 6.07) is 3.73. The topological polar surface area (TPSA) is 62.2 Å². The lowest BCUT2D eigenvalue weighted by molar-refractivity contribution is -0.142. The molecule has 21 heavy (non-hydrogen) atoms. The van der Waals surface area contributed by atoms with Crippen LogP contribution in [0.3, 0.4) is 0 Å². The number of halogens is 2. The number of nitrogens with one attached hydrogen (secondary N) is 1. The fraction of sp³-hybridized carbons (Fsp3) is 0.286. The van der Waals surface area contributed by atoms with Crippen molar-refractivity contribution in [3.8, 4) is 0 Å². The third-order valence-electron chi connectivity index (χ3n) is 3.17. The number of aryl methyl sites for hydroxylation is 1. The number of aliphatic carboxylic acids is 1. The van der Waals surface area contributed by atoms with E-state index in [0.29, 0.717) is 15.8 Å². The predicted molar refractivity (Wildman–Crippen MR) is 89.9 cm³/mol. The highest BCUT2D eigenvalue weighted by Gasteiger charge is 2.32. The Morgan fingerprint density at radius 1 is 1.48 bits per heavy atom. The Kier molecular flexibility index (Phi) is 4.60. The van der Waals surface area contributed by atoms with Crippen LogP contribution in [0.4, 0.5) is 10.8 Å². The van der Waals surface area contributed by atoms with Gasteiger partial charge in [0.2, 0.25) is 0 Å². The molecule has 0 saturated heterocycles. The van der Waals surface area contributed by atoms with E-state index < -0.39 is 11.4 Å². The van der Waals surface area contributed by atoms with Gasteiger partial charge in [-0.1, -0.05) is 11.6 Å². The maximum atomic E-state index is 11.2. The second-order valence-electron chi connectivity index (χ2n) is 5.17. The summed E-state index contributed by atoms with van der Waals surface area (Å²) in [7, 11) is 0. The van der Waals surface area contributed by atoms with Crippen molar-refractivity contribution >= 4 is 55.7 Å². The zero-order valence-corrected chi connectivity index (χ0v) is 14.9. The maximum absolute atomic E-state index is 11.2. The molecule has 0 aliphatic heterocycles. The average Bonchev–Trinajstić information content (AvgIpc) is 2.85. The van der Waals surface area contributed by atoms with E-state index in [0.717, 1.165) is 15.7 Å². The van der Waals surface area contributed by atoms with E-state index in [1.54, 1.807) is 19.2 Å². The van der Waals surface area contributed by atoms with Crippen LogP contribution in [0.2, 0.25) is 5.02 Å². The fourth-order valence-corrected chi connectivity index (χ4v) is 3.20. The lowest BCUT2D eigenvalue weighted by Gasteiger charge is -2.15. The molecule has 0 aliphatic carbocycles. The molecular weight excluding hydrogens is 376 g/mol. The number of benzene rings is 1. The summed E-state index contributed by atoms with van der Waals surface area (Å²) in [5.41, 5.74) is 1.27. The number of anilines is 2. The Balaban J connectivity index is 2.28. The number of aromatic nitrogens is 1. The van der Waals surface area contributed by atoms with Gasteiger partial charge in [-0.05, 0) is 54.4 Å². The molecule has 0 atom stereocenters. The van der Waals surface area contributed by atoms with Crippen molar-refractivity contribution in [2.75, 3.05) is 5.32 Å². The molecule has 0 amide bonds. The van der Waals surface area contributed by atoms with Gasteiger partial charge in [0, 0.05) is 14.9 Å². The van der Waals surface area contributed by atoms with E-state index in [1.807, 2.05) is 19.1 Å². The quantitative estimate of drug-likeness (QED) is 0.774. The summed E-state index contributed by atoms with van der Waals surface area (Å²) in [6.45, 7) is 5.19. The summed E-state index contributed by atoms with van der Waals surface area (Å²) in [4.78, 5) is 15.6. The highest BCUT2D eigenvalue weighted by Crippen LogP contribution is 2.34. The zero-order valence-electron chi connectivity index (χ0n) is 11.7. The molecule has 0 aliphatic rings. The van der Waals surface area contributed by atoms with Gasteiger partial charge in [-0.3, -0.25) is 4.79 Å². The Labute approximate surface area is 140 Å². The number of carboxylic acid groups (broad SMARTS) is 1. The molecule has 0 spiro atoms. The van der Waals surface area contributed by atoms with Crippen LogP contribution in [0.5, 0.6) is 0 Å². The molecule has 2 rings (SSSR count). The number of carboxylic acids is 1. The Morgan fingerprint density at radius 3 is 2.76 bits per heavy atom. The number of rotatable bonds is 4. The Morgan fingerprint density at radius 2 is 2.14 bits per heavy atom. The monoisotopic (exact) mass is 388 g/mol. The van der Waals surface area contributed by atoms with Crippen molar-refractivity contribution < 1.29 is 9.90 Å². The second kappa shape index (κ2) is 5.94. The molecule has 2 N–H and O–H groups in total. The molecule has 7 heteroatoms. The second-order valence-corrected chi connectivity index (χ2v) is 7.29. The third-order valence-corrected chi connectivity index (χ3v) is 4.99. The highest BCUT2D eigenvalue weighted by atomic mass is 79.9. The summed E-state index contributed by atoms with van der Waals surface area (Å²) in [6.07, 6.45) is 0. The van der Waals surface area contributed by atoms with Gasteiger partial charge in [0.15, 0.2) is 5.13 Å². The average molecular weight is 390 g/mol. The van der Waals surface area contributed by atoms with Crippen LogP contribution in [0.15, 0.2) is 22.0 Å². The van der Waals surface area contributed by atoms with Crippen LogP contribution in [0.25, 0.3) is 0 Å². The minimum absolute atomic E-state index is 0.525. The minimum atomic E-state index is -1.02. The van der Waals surface area contributed by atoms with E-state index in [-0.39, 0.29) is 0 Å². The van der Waals surface area contributed by atoms with Gasteiger partial charge in [0.25, 0.3) is 0 Å². The van der Waals surface area contributed by atoms with Crippen molar-refractivity contribution in [3.63, 3.8) is 0 Å². The van der Waals surface area contributed by atoms with E-state index in [9.17, 15) is 9.90 Å². The summed E-state index contributed by atoms with van der Waals surface area (Å²) in [5.74, 6) is -0.904. The molecule has 0 unspecified atom stereocenters. The van der Waals surface area contributed by atoms with Crippen LogP contribution in [0.1, 0.15) is 25.1 Å². The number of carbonyl (C=O) groups is 1. The maximum Gasteiger partial charge on any atom is 0.315 e. The minimum Gasteiger partial charge on any atom is -0.481 e. The number of thiazole rings is 1. The summed E-state index contributed by atoms with van der Waals surface area (Å²) >= 11 is 10.9. The van der Waals surface area contributed by atoms with Gasteiger partial charge in [0.1, 0.15) is 5.41 Å². The van der Waals surface area contributed by atoms with Crippen molar-refractivity contribution in [3.05, 3.63) is 38.3 Å². The first-order valence-electron chi connectivity index (χ1n) is 6.14. The molecule has 0 saturated carbocycles. The van der Waals surface area contributed by atoms with E-state index in [2.05, 4.69) is 26.2 Å². The van der Waals surface area contributed by atoms with Gasteiger partial charge in [0.05, 0.1) is 11.4 Å². The van der Waals surface area contributed by atoms with Crippen LogP contribution in [0, 0.1) is 6.92 Å². The molecule has 112 valence electrons. The molecular formula is C14H14BrClN2O2S. The molecule has 0 radical (unpaired) electrons. The van der Waals surface area contributed by atoms with E-state index in [4.69, 9.17) is 11.6 Å². The zero-order chi connectivity index (χ0) is 15.8. The van der Waals surface area contributed by atoms with Crippen molar-refractivity contribution in [2.45, 2.75) is 26.2 Å². The molecule has 0 bridgehead atoms.